The second-order valence-corrected chi connectivity index (χ2v) is 11.3. The molecular weight excluding hydrogens is 486 g/mol. The molecule has 0 aromatic heterocycles. The van der Waals surface area contributed by atoms with Crippen LogP contribution >= 0.6 is 0 Å². The van der Waals surface area contributed by atoms with Gasteiger partial charge in [0.15, 0.2) is 0 Å². The summed E-state index contributed by atoms with van der Waals surface area (Å²) in [4.78, 5) is 14.7. The van der Waals surface area contributed by atoms with Crippen molar-refractivity contribution >= 4 is 16.1 Å². The third-order valence-electron chi connectivity index (χ3n) is 6.77. The van der Waals surface area contributed by atoms with Crippen LogP contribution in [0, 0.1) is 6.92 Å². The number of hydrogen-bond donors (Lipinski definition) is 0. The first-order valence-corrected chi connectivity index (χ1v) is 14.2. The number of aryl methyl sites for hydroxylation is 1. The lowest BCUT2D eigenvalue weighted by Crippen LogP contribution is -2.50. The van der Waals surface area contributed by atoms with E-state index in [0.717, 1.165) is 36.0 Å². The number of nitrogens with zero attached hydrogens (tertiary/aromatic N) is 1. The van der Waals surface area contributed by atoms with E-state index in [4.69, 9.17) is 8.92 Å². The molecule has 0 bridgehead atoms. The number of carbonyl (C=O) groups excluding carboxylic acids is 1. The number of hydrogen-bond acceptors (Lipinski definition) is 6. The molecule has 1 saturated carbocycles. The van der Waals surface area contributed by atoms with Crippen LogP contribution in [0.3, 0.4) is 0 Å². The van der Waals surface area contributed by atoms with Crippen molar-refractivity contribution in [1.82, 2.24) is 4.90 Å². The average molecular weight is 522 g/mol. The largest absolute Gasteiger partial charge is 0.458 e. The fourth-order valence-electron chi connectivity index (χ4n) is 4.96. The van der Waals surface area contributed by atoms with Gasteiger partial charge in [-0.05, 0) is 43.0 Å². The summed E-state index contributed by atoms with van der Waals surface area (Å²) in [6, 6.07) is 26.7. The summed E-state index contributed by atoms with van der Waals surface area (Å²) in [7, 11) is -4.04. The van der Waals surface area contributed by atoms with Crippen molar-refractivity contribution in [2.24, 2.45) is 0 Å². The maximum atomic E-state index is 13.2. The molecule has 0 aliphatic heterocycles. The number of esters is 1. The van der Waals surface area contributed by atoms with Crippen molar-refractivity contribution in [3.8, 4) is 0 Å². The quantitative estimate of drug-likeness (QED) is 0.206. The Hall–Kier alpha value is -3.00. The van der Waals surface area contributed by atoms with Gasteiger partial charge in [-0.2, -0.15) is 8.42 Å². The van der Waals surface area contributed by atoms with Gasteiger partial charge in [0.05, 0.1) is 10.9 Å². The molecule has 1 aliphatic carbocycles. The summed E-state index contributed by atoms with van der Waals surface area (Å²) in [6.07, 6.45) is 1.41. The van der Waals surface area contributed by atoms with Crippen LogP contribution in [-0.4, -0.2) is 37.5 Å². The fraction of sp³-hybridized carbons (Fsp3) is 0.367. The van der Waals surface area contributed by atoms with Gasteiger partial charge in [0.25, 0.3) is 10.1 Å². The third-order valence-corrected chi connectivity index (χ3v) is 8.12. The molecule has 1 aliphatic rings. The Morgan fingerprint density at radius 1 is 0.838 bits per heavy atom. The zero-order valence-corrected chi connectivity index (χ0v) is 22.3. The number of benzene rings is 3. The first-order valence-electron chi connectivity index (χ1n) is 12.8. The second kappa shape index (κ2) is 12.5. The van der Waals surface area contributed by atoms with Crippen LogP contribution in [0.15, 0.2) is 89.8 Å². The molecule has 196 valence electrons. The van der Waals surface area contributed by atoms with Crippen LogP contribution in [-0.2, 0) is 36.9 Å². The van der Waals surface area contributed by atoms with Crippen LogP contribution in [0.5, 0.6) is 0 Å². The minimum Gasteiger partial charge on any atom is -0.458 e. The Kier molecular flexibility index (Phi) is 9.14. The van der Waals surface area contributed by atoms with E-state index in [1.807, 2.05) is 43.3 Å². The highest BCUT2D eigenvalue weighted by atomic mass is 32.2. The van der Waals surface area contributed by atoms with Crippen LogP contribution in [0.4, 0.5) is 0 Å². The van der Waals surface area contributed by atoms with Gasteiger partial charge in [-0.3, -0.25) is 13.9 Å². The second-order valence-electron chi connectivity index (χ2n) is 9.70. The van der Waals surface area contributed by atoms with Crippen molar-refractivity contribution in [3.05, 3.63) is 102 Å². The van der Waals surface area contributed by atoms with E-state index in [2.05, 4.69) is 29.2 Å². The predicted molar refractivity (Wildman–Crippen MR) is 143 cm³/mol. The highest BCUT2D eigenvalue weighted by Crippen LogP contribution is 2.31. The molecule has 4 rings (SSSR count). The van der Waals surface area contributed by atoms with E-state index in [0.29, 0.717) is 19.5 Å². The summed E-state index contributed by atoms with van der Waals surface area (Å²) in [5.74, 6) is -0.447. The molecule has 3 aromatic rings. The first kappa shape index (κ1) is 27.0. The van der Waals surface area contributed by atoms with Gasteiger partial charge in [0.1, 0.15) is 12.2 Å². The standard InChI is InChI=1S/C30H35NO5S/c1-23-17-19-27(20-18-23)37(33,34)36-29-16-10-9-15-28(30(29)35-24(2)32)31(21-25-11-5-3-6-12-25)22-26-13-7-4-8-14-26/h3-8,11-14,17-20,28-30H,9-10,15-16,21-22H2,1-2H3/t28-,29+,30+/m1/s1. The maximum Gasteiger partial charge on any atom is 0.303 e. The molecule has 7 heteroatoms. The van der Waals surface area contributed by atoms with E-state index in [1.54, 1.807) is 24.3 Å². The normalized spacial score (nSPS) is 20.4. The van der Waals surface area contributed by atoms with Crippen LogP contribution in [0.1, 0.15) is 49.3 Å². The molecule has 3 aromatic carbocycles. The van der Waals surface area contributed by atoms with Gasteiger partial charge in [-0.25, -0.2) is 0 Å². The fourth-order valence-corrected chi connectivity index (χ4v) is 6.08. The topological polar surface area (TPSA) is 72.9 Å². The monoisotopic (exact) mass is 521 g/mol. The Labute approximate surface area is 220 Å². The molecule has 0 radical (unpaired) electrons. The molecule has 0 saturated heterocycles. The lowest BCUT2D eigenvalue weighted by molar-refractivity contribution is -0.157. The highest BCUT2D eigenvalue weighted by molar-refractivity contribution is 7.86. The molecule has 6 nitrogen and oxygen atoms in total. The van der Waals surface area contributed by atoms with Crippen LogP contribution < -0.4 is 0 Å². The lowest BCUT2D eigenvalue weighted by atomic mass is 10.00. The molecule has 0 amide bonds. The number of carbonyl (C=O) groups is 1. The number of rotatable bonds is 9. The molecule has 0 unspecified atom stereocenters. The third kappa shape index (κ3) is 7.51. The Balaban J connectivity index is 1.67. The lowest BCUT2D eigenvalue weighted by Gasteiger charge is -2.38. The van der Waals surface area contributed by atoms with Crippen molar-refractivity contribution in [3.63, 3.8) is 0 Å². The van der Waals surface area contributed by atoms with Gasteiger partial charge in [-0.1, -0.05) is 91.2 Å². The summed E-state index contributed by atoms with van der Waals surface area (Å²) in [5.41, 5.74) is 3.23. The maximum absolute atomic E-state index is 13.2. The molecule has 37 heavy (non-hydrogen) atoms. The smallest absolute Gasteiger partial charge is 0.303 e. The van der Waals surface area contributed by atoms with E-state index < -0.39 is 28.3 Å². The summed E-state index contributed by atoms with van der Waals surface area (Å²) < 4.78 is 38.2. The van der Waals surface area contributed by atoms with E-state index >= 15 is 0 Å². The van der Waals surface area contributed by atoms with Crippen molar-refractivity contribution in [1.29, 1.82) is 0 Å². The van der Waals surface area contributed by atoms with Crippen LogP contribution in [0.25, 0.3) is 0 Å². The molecule has 0 N–H and O–H groups in total. The van der Waals surface area contributed by atoms with Crippen molar-refractivity contribution in [2.75, 3.05) is 0 Å². The Bertz CT molecular complexity index is 1200. The minimum atomic E-state index is -4.04. The molecule has 0 spiro atoms. The molecule has 3 atom stereocenters. The SMILES string of the molecule is CC(=O)O[C@@H]1[C@@H](OS(=O)(=O)c2ccc(C)cc2)CCCC[C@H]1N(Cc1ccccc1)Cc1ccccc1. The first-order chi connectivity index (χ1) is 17.8. The van der Waals surface area contributed by atoms with Crippen molar-refractivity contribution < 1.29 is 22.1 Å². The zero-order chi connectivity index (χ0) is 26.3. The summed E-state index contributed by atoms with van der Waals surface area (Å²) in [5, 5.41) is 0. The van der Waals surface area contributed by atoms with Gasteiger partial charge in [0, 0.05) is 20.0 Å². The Morgan fingerprint density at radius 2 is 1.38 bits per heavy atom. The number of ether oxygens (including phenoxy) is 1. The zero-order valence-electron chi connectivity index (χ0n) is 21.5. The minimum absolute atomic E-state index is 0.103. The highest BCUT2D eigenvalue weighted by Gasteiger charge is 2.40. The van der Waals surface area contributed by atoms with E-state index in [9.17, 15) is 13.2 Å². The van der Waals surface area contributed by atoms with Gasteiger partial charge in [-0.15, -0.1) is 0 Å². The molecule has 1 fully saturated rings. The molecular formula is C30H35NO5S. The van der Waals surface area contributed by atoms with E-state index in [1.165, 1.54) is 6.92 Å². The van der Waals surface area contributed by atoms with Gasteiger partial charge < -0.3 is 4.74 Å². The molecule has 0 heterocycles. The summed E-state index contributed by atoms with van der Waals surface area (Å²) >= 11 is 0. The average Bonchev–Trinajstić information content (AvgIpc) is 3.06. The van der Waals surface area contributed by atoms with Crippen LogP contribution in [0.2, 0.25) is 0 Å². The van der Waals surface area contributed by atoms with Gasteiger partial charge >= 0.3 is 5.97 Å². The van der Waals surface area contributed by atoms with Crippen molar-refractivity contribution in [2.45, 2.75) is 75.8 Å². The van der Waals surface area contributed by atoms with E-state index in [-0.39, 0.29) is 10.9 Å². The van der Waals surface area contributed by atoms with Gasteiger partial charge in [0.2, 0.25) is 0 Å². The Morgan fingerprint density at radius 3 is 1.92 bits per heavy atom. The predicted octanol–water partition coefficient (Wildman–Crippen LogP) is 5.65. The summed E-state index contributed by atoms with van der Waals surface area (Å²) in [6.45, 7) is 4.54.